The smallest absolute Gasteiger partial charge is 0.231 e. The Hall–Kier alpha value is -2.84. The molecule has 5 nitrogen and oxygen atoms in total. The number of rotatable bonds is 5. The van der Waals surface area contributed by atoms with Crippen LogP contribution < -0.4 is 5.32 Å². The molecule has 0 radical (unpaired) electrons. The Morgan fingerprint density at radius 2 is 2.04 bits per heavy atom. The standard InChI is InChI=1S/C19H17ClN4O/c1-2-9-24-17-10-14(12-21)5-8-16(17)22-19(24)23-18(25)11-13-3-6-15(20)7-4-13/h3-8,10H,2,9,11H2,1H3,(H,22,23,25). The first-order valence-corrected chi connectivity index (χ1v) is 8.43. The molecule has 25 heavy (non-hydrogen) atoms. The second-order valence-corrected chi connectivity index (χ2v) is 6.19. The molecule has 2 aromatic carbocycles. The van der Waals surface area contributed by atoms with Crippen LogP contribution in [0.1, 0.15) is 24.5 Å². The van der Waals surface area contributed by atoms with Crippen molar-refractivity contribution in [2.24, 2.45) is 0 Å². The Balaban J connectivity index is 1.87. The van der Waals surface area contributed by atoms with E-state index in [1.165, 1.54) is 0 Å². The molecule has 0 aliphatic rings. The lowest BCUT2D eigenvalue weighted by atomic mass is 10.1. The van der Waals surface area contributed by atoms with E-state index in [-0.39, 0.29) is 12.3 Å². The lowest BCUT2D eigenvalue weighted by molar-refractivity contribution is -0.115. The van der Waals surface area contributed by atoms with Gasteiger partial charge in [-0.1, -0.05) is 30.7 Å². The number of carbonyl (C=O) groups is 1. The van der Waals surface area contributed by atoms with Gasteiger partial charge in [0.1, 0.15) is 0 Å². The molecule has 0 spiro atoms. The minimum atomic E-state index is -0.143. The highest BCUT2D eigenvalue weighted by Gasteiger charge is 2.14. The maximum absolute atomic E-state index is 12.4. The third-order valence-electron chi connectivity index (χ3n) is 3.85. The summed E-state index contributed by atoms with van der Waals surface area (Å²) in [4.78, 5) is 16.9. The first kappa shape index (κ1) is 17.0. The zero-order valence-corrected chi connectivity index (χ0v) is 14.5. The first-order chi connectivity index (χ1) is 12.1. The van der Waals surface area contributed by atoms with Crippen molar-refractivity contribution in [1.82, 2.24) is 9.55 Å². The molecule has 126 valence electrons. The van der Waals surface area contributed by atoms with Gasteiger partial charge < -0.3 is 4.57 Å². The summed E-state index contributed by atoms with van der Waals surface area (Å²) in [5.41, 5.74) is 3.06. The highest BCUT2D eigenvalue weighted by Crippen LogP contribution is 2.22. The Labute approximate surface area is 150 Å². The van der Waals surface area contributed by atoms with E-state index < -0.39 is 0 Å². The number of amides is 1. The number of carbonyl (C=O) groups excluding carboxylic acids is 1. The predicted molar refractivity (Wildman–Crippen MR) is 98.5 cm³/mol. The van der Waals surface area contributed by atoms with Gasteiger partial charge in [0.2, 0.25) is 11.9 Å². The van der Waals surface area contributed by atoms with Crippen LogP contribution in [0.2, 0.25) is 5.02 Å². The third kappa shape index (κ3) is 3.81. The molecule has 1 N–H and O–H groups in total. The number of hydrogen-bond donors (Lipinski definition) is 1. The molecule has 1 amide bonds. The fourth-order valence-corrected chi connectivity index (χ4v) is 2.82. The molecular weight excluding hydrogens is 336 g/mol. The van der Waals surface area contributed by atoms with Crippen molar-refractivity contribution in [1.29, 1.82) is 5.26 Å². The number of benzene rings is 2. The van der Waals surface area contributed by atoms with E-state index in [9.17, 15) is 4.79 Å². The third-order valence-corrected chi connectivity index (χ3v) is 4.11. The van der Waals surface area contributed by atoms with E-state index in [2.05, 4.69) is 23.3 Å². The SMILES string of the molecule is CCCn1c(NC(=O)Cc2ccc(Cl)cc2)nc2ccc(C#N)cc21. The van der Waals surface area contributed by atoms with E-state index in [1.54, 1.807) is 30.3 Å². The normalized spacial score (nSPS) is 10.6. The minimum Gasteiger partial charge on any atom is -0.310 e. The average Bonchev–Trinajstić information content (AvgIpc) is 2.94. The molecule has 0 saturated heterocycles. The van der Waals surface area contributed by atoms with Gasteiger partial charge in [0.05, 0.1) is 29.1 Å². The lowest BCUT2D eigenvalue weighted by Gasteiger charge is -2.09. The summed E-state index contributed by atoms with van der Waals surface area (Å²) in [5, 5.41) is 12.6. The van der Waals surface area contributed by atoms with Crippen LogP contribution in [0.4, 0.5) is 5.95 Å². The summed E-state index contributed by atoms with van der Waals surface area (Å²) < 4.78 is 1.94. The van der Waals surface area contributed by atoms with Crippen molar-refractivity contribution in [3.63, 3.8) is 0 Å². The molecule has 0 atom stereocenters. The summed E-state index contributed by atoms with van der Waals surface area (Å²) >= 11 is 5.87. The minimum absolute atomic E-state index is 0.143. The van der Waals surface area contributed by atoms with E-state index in [0.717, 1.165) is 23.0 Å². The van der Waals surface area contributed by atoms with Crippen LogP contribution in [0.25, 0.3) is 11.0 Å². The second-order valence-electron chi connectivity index (χ2n) is 5.75. The first-order valence-electron chi connectivity index (χ1n) is 8.05. The fraction of sp³-hybridized carbons (Fsp3) is 0.211. The van der Waals surface area contributed by atoms with Gasteiger partial charge in [-0.25, -0.2) is 4.98 Å². The molecule has 3 aromatic rings. The summed E-state index contributed by atoms with van der Waals surface area (Å²) in [6, 6.07) is 14.6. The maximum Gasteiger partial charge on any atom is 0.231 e. The average molecular weight is 353 g/mol. The molecule has 1 aromatic heterocycles. The number of aryl methyl sites for hydroxylation is 1. The molecule has 0 fully saturated rings. The number of nitrogens with one attached hydrogen (secondary N) is 1. The molecular formula is C19H17ClN4O. The molecule has 3 rings (SSSR count). The summed E-state index contributed by atoms with van der Waals surface area (Å²) in [6.07, 6.45) is 1.14. The summed E-state index contributed by atoms with van der Waals surface area (Å²) in [6.45, 7) is 2.77. The molecule has 1 heterocycles. The van der Waals surface area contributed by atoms with Gasteiger partial charge in [-0.3, -0.25) is 10.1 Å². The van der Waals surface area contributed by atoms with Crippen molar-refractivity contribution < 1.29 is 4.79 Å². The molecule has 0 saturated carbocycles. The Kier molecular flexibility index (Phi) is 5.01. The molecule has 0 unspecified atom stereocenters. The van der Waals surface area contributed by atoms with Gasteiger partial charge in [-0.2, -0.15) is 5.26 Å². The topological polar surface area (TPSA) is 70.7 Å². The van der Waals surface area contributed by atoms with Crippen LogP contribution in [-0.4, -0.2) is 15.5 Å². The Bertz CT molecular complexity index is 954. The van der Waals surface area contributed by atoms with Crippen LogP contribution in [0.3, 0.4) is 0 Å². The lowest BCUT2D eigenvalue weighted by Crippen LogP contribution is -2.18. The fourth-order valence-electron chi connectivity index (χ4n) is 2.69. The summed E-state index contributed by atoms with van der Waals surface area (Å²) in [5.74, 6) is 0.362. The zero-order chi connectivity index (χ0) is 17.8. The highest BCUT2D eigenvalue weighted by atomic mass is 35.5. The quantitative estimate of drug-likeness (QED) is 0.749. The number of halogens is 1. The zero-order valence-electron chi connectivity index (χ0n) is 13.8. The van der Waals surface area contributed by atoms with Gasteiger partial charge in [0.15, 0.2) is 0 Å². The van der Waals surface area contributed by atoms with Gasteiger partial charge >= 0.3 is 0 Å². The van der Waals surface area contributed by atoms with Crippen LogP contribution in [0.15, 0.2) is 42.5 Å². The number of anilines is 1. The molecule has 0 bridgehead atoms. The van der Waals surface area contributed by atoms with E-state index in [0.29, 0.717) is 23.1 Å². The Morgan fingerprint density at radius 1 is 1.28 bits per heavy atom. The van der Waals surface area contributed by atoms with Gasteiger partial charge in [0.25, 0.3) is 0 Å². The van der Waals surface area contributed by atoms with E-state index >= 15 is 0 Å². The van der Waals surface area contributed by atoms with Crippen molar-refractivity contribution >= 4 is 34.5 Å². The van der Waals surface area contributed by atoms with Crippen LogP contribution >= 0.6 is 11.6 Å². The number of aromatic nitrogens is 2. The van der Waals surface area contributed by atoms with Crippen molar-refractivity contribution in [3.05, 3.63) is 58.6 Å². The van der Waals surface area contributed by atoms with Crippen molar-refractivity contribution in [3.8, 4) is 6.07 Å². The van der Waals surface area contributed by atoms with Gasteiger partial charge in [0, 0.05) is 11.6 Å². The van der Waals surface area contributed by atoms with Gasteiger partial charge in [-0.15, -0.1) is 0 Å². The maximum atomic E-state index is 12.4. The van der Waals surface area contributed by atoms with Crippen LogP contribution in [0, 0.1) is 11.3 Å². The number of fused-ring (bicyclic) bond motifs is 1. The van der Waals surface area contributed by atoms with E-state index in [1.807, 2.05) is 16.7 Å². The molecule has 0 aliphatic carbocycles. The largest absolute Gasteiger partial charge is 0.310 e. The number of imidazole rings is 1. The molecule has 6 heteroatoms. The number of nitriles is 1. The van der Waals surface area contributed by atoms with Crippen molar-refractivity contribution in [2.75, 3.05) is 5.32 Å². The number of nitrogens with zero attached hydrogens (tertiary/aromatic N) is 3. The van der Waals surface area contributed by atoms with E-state index in [4.69, 9.17) is 16.9 Å². The Morgan fingerprint density at radius 3 is 2.72 bits per heavy atom. The van der Waals surface area contributed by atoms with Crippen molar-refractivity contribution in [2.45, 2.75) is 26.3 Å². The van der Waals surface area contributed by atoms with Gasteiger partial charge in [-0.05, 0) is 42.3 Å². The van der Waals surface area contributed by atoms with Crippen LogP contribution in [0.5, 0.6) is 0 Å². The monoisotopic (exact) mass is 352 g/mol. The summed E-state index contributed by atoms with van der Waals surface area (Å²) in [7, 11) is 0. The predicted octanol–water partition coefficient (Wildman–Crippen LogP) is 4.15. The highest BCUT2D eigenvalue weighted by molar-refractivity contribution is 6.30. The molecule has 0 aliphatic heterocycles. The van der Waals surface area contributed by atoms with Crippen LogP contribution in [-0.2, 0) is 17.8 Å². The second kappa shape index (κ2) is 7.37. The number of hydrogen-bond acceptors (Lipinski definition) is 3.